The number of ether oxygens (including phenoxy) is 1. The summed E-state index contributed by atoms with van der Waals surface area (Å²) in [5, 5.41) is 2.40. The van der Waals surface area contributed by atoms with Gasteiger partial charge in [-0.1, -0.05) is 48.5 Å². The molecule has 0 aliphatic rings. The molecule has 3 nitrogen and oxygen atoms in total. The molecule has 0 aliphatic carbocycles. The van der Waals surface area contributed by atoms with Gasteiger partial charge in [0.2, 0.25) is 0 Å². The topological polar surface area (TPSA) is 38.3 Å². The molecule has 0 bridgehead atoms. The second kappa shape index (κ2) is 6.41. The molecule has 0 aromatic heterocycles. The average Bonchev–Trinajstić information content (AvgIpc) is 2.46. The monoisotopic (exact) mass is 295 g/mol. The largest absolute Gasteiger partial charge is 0.523 e. The van der Waals surface area contributed by atoms with Gasteiger partial charge in [0.05, 0.1) is 0 Å². The van der Waals surface area contributed by atoms with Crippen LogP contribution >= 0.6 is 0 Å². The predicted octanol–water partition coefficient (Wildman–Crippen LogP) is 3.90. The quantitative estimate of drug-likeness (QED) is 0.929. The summed E-state index contributed by atoms with van der Waals surface area (Å²) in [7, 11) is 0. The molecule has 1 amide bonds. The highest BCUT2D eigenvalue weighted by Crippen LogP contribution is 2.28. The van der Waals surface area contributed by atoms with Gasteiger partial charge >= 0.3 is 6.36 Å². The number of hydrogen-bond acceptors (Lipinski definition) is 2. The van der Waals surface area contributed by atoms with E-state index in [0.29, 0.717) is 5.69 Å². The zero-order valence-electron chi connectivity index (χ0n) is 10.8. The standard InChI is InChI=1S/C15H12F3NO2/c16-15(17,18)21-13(11-7-3-1-4-8-11)14(20)19-12-9-5-2-6-10-12/h1-10,13H,(H,19,20). The van der Waals surface area contributed by atoms with Crippen LogP contribution in [0.25, 0.3) is 0 Å². The maximum atomic E-state index is 12.5. The molecule has 0 spiro atoms. The molecule has 1 N–H and O–H groups in total. The van der Waals surface area contributed by atoms with Crippen LogP contribution in [0.15, 0.2) is 60.7 Å². The van der Waals surface area contributed by atoms with Crippen LogP contribution in [0.5, 0.6) is 0 Å². The van der Waals surface area contributed by atoms with Crippen molar-refractivity contribution in [1.29, 1.82) is 0 Å². The summed E-state index contributed by atoms with van der Waals surface area (Å²) in [5.41, 5.74) is 0.525. The second-order valence-corrected chi connectivity index (χ2v) is 4.21. The van der Waals surface area contributed by atoms with Gasteiger partial charge in [-0.15, -0.1) is 13.2 Å². The van der Waals surface area contributed by atoms with Gasteiger partial charge in [-0.2, -0.15) is 0 Å². The minimum absolute atomic E-state index is 0.128. The lowest BCUT2D eigenvalue weighted by Gasteiger charge is -2.19. The predicted molar refractivity (Wildman–Crippen MR) is 71.4 cm³/mol. The Balaban J connectivity index is 2.21. The van der Waals surface area contributed by atoms with Crippen LogP contribution in [0.1, 0.15) is 11.7 Å². The Morgan fingerprint density at radius 3 is 2.00 bits per heavy atom. The molecule has 1 unspecified atom stereocenters. The van der Waals surface area contributed by atoms with E-state index in [2.05, 4.69) is 10.1 Å². The molecule has 2 aromatic carbocycles. The van der Waals surface area contributed by atoms with Gasteiger partial charge in [-0.3, -0.25) is 9.53 Å². The summed E-state index contributed by atoms with van der Waals surface area (Å²) in [5.74, 6) is -0.885. The minimum atomic E-state index is -4.91. The smallest absolute Gasteiger partial charge is 0.324 e. The minimum Gasteiger partial charge on any atom is -0.324 e. The number of nitrogens with one attached hydrogen (secondary N) is 1. The van der Waals surface area contributed by atoms with Crippen LogP contribution in [0.3, 0.4) is 0 Å². The molecule has 2 rings (SSSR count). The molecule has 21 heavy (non-hydrogen) atoms. The summed E-state index contributed by atoms with van der Waals surface area (Å²) in [6.07, 6.45) is -6.67. The molecule has 0 radical (unpaired) electrons. The Kier molecular flexibility index (Phi) is 4.59. The molecule has 2 aromatic rings. The zero-order valence-corrected chi connectivity index (χ0v) is 10.8. The highest BCUT2D eigenvalue weighted by molar-refractivity contribution is 5.94. The van der Waals surface area contributed by atoms with Gasteiger partial charge in [0, 0.05) is 5.69 Å². The van der Waals surface area contributed by atoms with Crippen LogP contribution in [-0.4, -0.2) is 12.3 Å². The maximum absolute atomic E-state index is 12.5. The number of rotatable bonds is 4. The van der Waals surface area contributed by atoms with Gasteiger partial charge in [-0.05, 0) is 17.7 Å². The molecular weight excluding hydrogens is 283 g/mol. The van der Waals surface area contributed by atoms with Crippen molar-refractivity contribution in [2.75, 3.05) is 5.32 Å². The van der Waals surface area contributed by atoms with Crippen molar-refractivity contribution in [3.63, 3.8) is 0 Å². The highest BCUT2D eigenvalue weighted by atomic mass is 19.4. The first kappa shape index (κ1) is 15.1. The van der Waals surface area contributed by atoms with Crippen molar-refractivity contribution < 1.29 is 22.7 Å². The van der Waals surface area contributed by atoms with Gasteiger partial charge in [0.1, 0.15) is 0 Å². The molecule has 1 atom stereocenters. The second-order valence-electron chi connectivity index (χ2n) is 4.21. The number of carbonyl (C=O) groups is 1. The zero-order chi connectivity index (χ0) is 15.3. The highest BCUT2D eigenvalue weighted by Gasteiger charge is 2.37. The number of benzene rings is 2. The number of hydrogen-bond donors (Lipinski definition) is 1. The lowest BCUT2D eigenvalue weighted by atomic mass is 10.1. The number of carbonyl (C=O) groups excluding carboxylic acids is 1. The summed E-state index contributed by atoms with van der Waals surface area (Å²) >= 11 is 0. The van der Waals surface area contributed by atoms with E-state index < -0.39 is 18.4 Å². The maximum Gasteiger partial charge on any atom is 0.523 e. The van der Waals surface area contributed by atoms with Gasteiger partial charge in [0.25, 0.3) is 5.91 Å². The Morgan fingerprint density at radius 2 is 1.48 bits per heavy atom. The number of anilines is 1. The molecule has 0 fully saturated rings. The number of alkyl halides is 3. The van der Waals surface area contributed by atoms with Gasteiger partial charge in [0.15, 0.2) is 6.10 Å². The van der Waals surface area contributed by atoms with E-state index in [1.54, 1.807) is 36.4 Å². The van der Waals surface area contributed by atoms with E-state index in [1.165, 1.54) is 24.3 Å². The van der Waals surface area contributed by atoms with Crippen LogP contribution < -0.4 is 5.32 Å². The third-order valence-corrected chi connectivity index (χ3v) is 2.63. The number of para-hydroxylation sites is 1. The fourth-order valence-corrected chi connectivity index (χ4v) is 1.76. The van der Waals surface area contributed by atoms with Crippen molar-refractivity contribution in [1.82, 2.24) is 0 Å². The van der Waals surface area contributed by atoms with Crippen LogP contribution in [0.4, 0.5) is 18.9 Å². The molecule has 6 heteroatoms. The molecule has 0 saturated carbocycles. The fourth-order valence-electron chi connectivity index (χ4n) is 1.76. The average molecular weight is 295 g/mol. The Hall–Kier alpha value is -2.34. The Bertz CT molecular complexity index is 585. The van der Waals surface area contributed by atoms with Crippen molar-refractivity contribution >= 4 is 11.6 Å². The molecule has 0 saturated heterocycles. The van der Waals surface area contributed by atoms with Gasteiger partial charge < -0.3 is 5.32 Å². The van der Waals surface area contributed by atoms with Crippen molar-refractivity contribution in [3.8, 4) is 0 Å². The first-order chi connectivity index (χ1) is 9.96. The van der Waals surface area contributed by atoms with E-state index in [9.17, 15) is 18.0 Å². The van der Waals surface area contributed by atoms with Crippen LogP contribution in [0, 0.1) is 0 Å². The van der Waals surface area contributed by atoms with E-state index in [0.717, 1.165) is 0 Å². The van der Waals surface area contributed by atoms with E-state index in [1.807, 2.05) is 0 Å². The summed E-state index contributed by atoms with van der Waals surface area (Å²) < 4.78 is 41.4. The molecule has 0 heterocycles. The summed E-state index contributed by atoms with van der Waals surface area (Å²) in [6.45, 7) is 0. The summed E-state index contributed by atoms with van der Waals surface area (Å²) in [6, 6.07) is 15.7. The number of halogens is 3. The number of amides is 1. The molecule has 0 aliphatic heterocycles. The fraction of sp³-hybridized carbons (Fsp3) is 0.133. The van der Waals surface area contributed by atoms with E-state index >= 15 is 0 Å². The SMILES string of the molecule is O=C(Nc1ccccc1)C(OC(F)(F)F)c1ccccc1. The summed E-state index contributed by atoms with van der Waals surface area (Å²) in [4.78, 5) is 12.1. The first-order valence-electron chi connectivity index (χ1n) is 6.11. The third kappa shape index (κ3) is 4.61. The third-order valence-electron chi connectivity index (χ3n) is 2.63. The first-order valence-corrected chi connectivity index (χ1v) is 6.11. The Morgan fingerprint density at radius 1 is 0.952 bits per heavy atom. The normalized spacial score (nSPS) is 12.7. The molecular formula is C15H12F3NO2. The van der Waals surface area contributed by atoms with E-state index in [-0.39, 0.29) is 5.56 Å². The van der Waals surface area contributed by atoms with Gasteiger partial charge in [-0.25, -0.2) is 0 Å². The van der Waals surface area contributed by atoms with Crippen LogP contribution in [-0.2, 0) is 9.53 Å². The van der Waals surface area contributed by atoms with Crippen molar-refractivity contribution in [2.45, 2.75) is 12.5 Å². The lowest BCUT2D eigenvalue weighted by Crippen LogP contribution is -2.28. The van der Waals surface area contributed by atoms with Crippen molar-refractivity contribution in [3.05, 3.63) is 66.2 Å². The van der Waals surface area contributed by atoms with Crippen LogP contribution in [0.2, 0.25) is 0 Å². The van der Waals surface area contributed by atoms with E-state index in [4.69, 9.17) is 0 Å². The Labute approximate surface area is 119 Å². The molecule has 110 valence electrons. The van der Waals surface area contributed by atoms with Crippen molar-refractivity contribution in [2.24, 2.45) is 0 Å². The lowest BCUT2D eigenvalue weighted by molar-refractivity contribution is -0.339.